The summed E-state index contributed by atoms with van der Waals surface area (Å²) in [5.74, 6) is 0.288. The van der Waals surface area contributed by atoms with Gasteiger partial charge in [-0.25, -0.2) is 0 Å². The molecule has 1 nitrogen and oxygen atoms in total. The second kappa shape index (κ2) is 7.61. The number of Topliss-reactive ketones (excluding diaryl/α,β-unsaturated/α-hetero) is 1. The predicted octanol–water partition coefficient (Wildman–Crippen LogP) is 4.76. The fourth-order valence-electron chi connectivity index (χ4n) is 2.09. The van der Waals surface area contributed by atoms with Gasteiger partial charge in [-0.2, -0.15) is 0 Å². The summed E-state index contributed by atoms with van der Waals surface area (Å²) >= 11 is 0. The number of hydrogen-bond donors (Lipinski definition) is 0. The molecule has 0 N–H and O–H groups in total. The minimum absolute atomic E-state index is 0.234. The second-order valence-electron chi connectivity index (χ2n) is 5.48. The van der Waals surface area contributed by atoms with Crippen LogP contribution in [-0.4, -0.2) is 13.1 Å². The number of allylic oxidation sites excluding steroid dienone is 4. The Kier molecular flexibility index (Phi) is 7.27. The summed E-state index contributed by atoms with van der Waals surface area (Å²) in [5.41, 5.74) is 3.70. The Balaban J connectivity index is 5.38. The molecule has 18 heavy (non-hydrogen) atoms. The highest BCUT2D eigenvalue weighted by atomic mass is 16.1. The van der Waals surface area contributed by atoms with E-state index in [0.717, 1.165) is 19.3 Å². The molecule has 0 aliphatic carbocycles. The van der Waals surface area contributed by atoms with E-state index < -0.39 is 0 Å². The van der Waals surface area contributed by atoms with Gasteiger partial charge < -0.3 is 0 Å². The fourth-order valence-corrected chi connectivity index (χ4v) is 2.09. The van der Waals surface area contributed by atoms with Crippen LogP contribution in [0.4, 0.5) is 0 Å². The Morgan fingerprint density at radius 2 is 1.78 bits per heavy atom. The Labute approximate surface area is 114 Å². The normalized spacial score (nSPS) is 14.9. The van der Waals surface area contributed by atoms with Crippen molar-refractivity contribution >= 4 is 13.1 Å². The first-order valence-electron chi connectivity index (χ1n) is 6.99. The van der Waals surface area contributed by atoms with Gasteiger partial charge >= 0.3 is 0 Å². The molecule has 0 amide bonds. The van der Waals surface area contributed by atoms with Crippen molar-refractivity contribution in [3.63, 3.8) is 0 Å². The first-order chi connectivity index (χ1) is 8.32. The van der Waals surface area contributed by atoms with Gasteiger partial charge in [-0.15, -0.1) is 0 Å². The number of hydrogen-bond acceptors (Lipinski definition) is 1. The quantitative estimate of drug-likeness (QED) is 0.468. The fraction of sp³-hybridized carbons (Fsp3) is 0.688. The monoisotopic (exact) mass is 247 g/mol. The molecule has 0 bridgehead atoms. The summed E-state index contributed by atoms with van der Waals surface area (Å²) in [4.78, 5) is 11.9. The van der Waals surface area contributed by atoms with E-state index in [1.807, 2.05) is 0 Å². The van der Waals surface area contributed by atoms with E-state index >= 15 is 0 Å². The van der Waals surface area contributed by atoms with Crippen LogP contribution in [0.2, 0.25) is 6.82 Å². The second-order valence-corrected chi connectivity index (χ2v) is 5.48. The van der Waals surface area contributed by atoms with Gasteiger partial charge in [-0.3, -0.25) is 4.79 Å². The van der Waals surface area contributed by atoms with Crippen LogP contribution in [0.1, 0.15) is 60.8 Å². The van der Waals surface area contributed by atoms with Crippen molar-refractivity contribution in [1.29, 1.82) is 0 Å². The van der Waals surface area contributed by atoms with Crippen molar-refractivity contribution in [2.75, 3.05) is 0 Å². The van der Waals surface area contributed by atoms with Crippen molar-refractivity contribution < 1.29 is 4.79 Å². The van der Waals surface area contributed by atoms with E-state index in [2.05, 4.69) is 54.8 Å². The lowest BCUT2D eigenvalue weighted by Gasteiger charge is -2.28. The maximum absolute atomic E-state index is 11.9. The Hall–Kier alpha value is -0.785. The van der Waals surface area contributed by atoms with Gasteiger partial charge in [0.15, 0.2) is 0 Å². The maximum Gasteiger partial charge on any atom is 0.148 e. The van der Waals surface area contributed by atoms with Crippen LogP contribution in [0.15, 0.2) is 22.7 Å². The number of ketones is 1. The molecule has 0 spiro atoms. The number of rotatable bonds is 7. The molecule has 0 fully saturated rings. The number of carbonyl (C=O) groups is 1. The predicted molar refractivity (Wildman–Crippen MR) is 82.1 cm³/mol. The van der Waals surface area contributed by atoms with Gasteiger partial charge in [0, 0.05) is 5.41 Å². The highest BCUT2D eigenvalue weighted by Crippen LogP contribution is 2.34. The van der Waals surface area contributed by atoms with Crippen LogP contribution in [0.25, 0.3) is 0 Å². The zero-order valence-electron chi connectivity index (χ0n) is 13.2. The molecule has 1 atom stereocenters. The van der Waals surface area contributed by atoms with Gasteiger partial charge in [0.25, 0.3) is 0 Å². The maximum atomic E-state index is 11.9. The molecule has 1 unspecified atom stereocenters. The van der Waals surface area contributed by atoms with E-state index in [1.54, 1.807) is 6.92 Å². The van der Waals surface area contributed by atoms with Gasteiger partial charge in [0.1, 0.15) is 13.1 Å². The largest absolute Gasteiger partial charge is 0.299 e. The molecule has 0 heterocycles. The molecule has 2 heteroatoms. The van der Waals surface area contributed by atoms with Crippen molar-refractivity contribution in [2.45, 2.75) is 67.6 Å². The molecule has 0 aliphatic heterocycles. The van der Waals surface area contributed by atoms with E-state index in [1.165, 1.54) is 16.6 Å². The van der Waals surface area contributed by atoms with Crippen LogP contribution >= 0.6 is 0 Å². The average Bonchev–Trinajstić information content (AvgIpc) is 2.32. The summed E-state index contributed by atoms with van der Waals surface area (Å²) in [5, 5.41) is 0. The van der Waals surface area contributed by atoms with Gasteiger partial charge in [-0.1, -0.05) is 50.3 Å². The summed E-state index contributed by atoms with van der Waals surface area (Å²) in [6.45, 7) is 14.4. The lowest BCUT2D eigenvalue weighted by Crippen LogP contribution is -2.26. The zero-order chi connectivity index (χ0) is 14.3. The third kappa shape index (κ3) is 4.47. The molecule has 0 aliphatic rings. The third-order valence-electron chi connectivity index (χ3n) is 3.88. The molecule has 0 aromatic heterocycles. The molecular formula is C16H28BO. The minimum atomic E-state index is -0.234. The lowest BCUT2D eigenvalue weighted by molar-refractivity contribution is -0.125. The van der Waals surface area contributed by atoms with Crippen molar-refractivity contribution in [1.82, 2.24) is 0 Å². The summed E-state index contributed by atoms with van der Waals surface area (Å²) in [6, 6.07) is 0. The molecular weight excluding hydrogens is 219 g/mol. The Morgan fingerprint density at radius 3 is 2.06 bits per heavy atom. The number of carbonyl (C=O) groups excluding carboxylic acids is 1. The lowest BCUT2D eigenvalue weighted by atomic mass is 9.64. The Bertz CT molecular complexity index is 348. The summed E-state index contributed by atoms with van der Waals surface area (Å²) in [7, 11) is 2.15. The first kappa shape index (κ1) is 17.2. The Morgan fingerprint density at radius 1 is 1.22 bits per heavy atom. The molecule has 0 saturated carbocycles. The zero-order valence-corrected chi connectivity index (χ0v) is 13.2. The van der Waals surface area contributed by atoms with Crippen LogP contribution in [0.3, 0.4) is 0 Å². The van der Waals surface area contributed by atoms with E-state index in [4.69, 9.17) is 0 Å². The van der Waals surface area contributed by atoms with Crippen molar-refractivity contribution in [3.8, 4) is 0 Å². The highest BCUT2D eigenvalue weighted by molar-refractivity contribution is 6.45. The topological polar surface area (TPSA) is 17.1 Å². The molecule has 0 aromatic carbocycles. The van der Waals surface area contributed by atoms with Crippen LogP contribution in [-0.2, 0) is 4.79 Å². The van der Waals surface area contributed by atoms with Crippen molar-refractivity contribution in [3.05, 3.63) is 22.7 Å². The van der Waals surface area contributed by atoms with Crippen LogP contribution in [0.5, 0.6) is 0 Å². The molecule has 1 radical (unpaired) electrons. The standard InChI is InChI=1S/C16H28BO/c1-8-10-15(17-7)14(12(3)4)11-16(6,9-2)13(5)18/h10H,8-9,11H2,1-7H3/b15-10+. The van der Waals surface area contributed by atoms with Gasteiger partial charge in [0.2, 0.25) is 0 Å². The molecule has 0 aromatic rings. The third-order valence-corrected chi connectivity index (χ3v) is 3.88. The van der Waals surface area contributed by atoms with Crippen LogP contribution in [0, 0.1) is 5.41 Å². The average molecular weight is 247 g/mol. The van der Waals surface area contributed by atoms with E-state index in [-0.39, 0.29) is 11.2 Å². The summed E-state index contributed by atoms with van der Waals surface area (Å²) < 4.78 is 0. The SMILES string of the molecule is C[B]/C(=C/CC)C(CC(C)(CC)C(C)=O)=C(C)C. The van der Waals surface area contributed by atoms with Gasteiger partial charge in [-0.05, 0) is 40.0 Å². The highest BCUT2D eigenvalue weighted by Gasteiger charge is 2.29. The molecule has 0 saturated heterocycles. The van der Waals surface area contributed by atoms with E-state index in [0.29, 0.717) is 0 Å². The van der Waals surface area contributed by atoms with E-state index in [9.17, 15) is 4.79 Å². The first-order valence-corrected chi connectivity index (χ1v) is 6.99. The molecule has 0 rings (SSSR count). The van der Waals surface area contributed by atoms with Crippen molar-refractivity contribution in [2.24, 2.45) is 5.41 Å². The minimum Gasteiger partial charge on any atom is -0.299 e. The van der Waals surface area contributed by atoms with Crippen LogP contribution < -0.4 is 0 Å². The molecule has 101 valence electrons. The smallest absolute Gasteiger partial charge is 0.148 e. The van der Waals surface area contributed by atoms with Gasteiger partial charge in [0.05, 0.1) is 0 Å². The summed E-state index contributed by atoms with van der Waals surface area (Å²) in [6.07, 6.45) is 5.01.